The van der Waals surface area contributed by atoms with Crippen LogP contribution in [-0.2, 0) is 16.1 Å². The van der Waals surface area contributed by atoms with Gasteiger partial charge in [0.15, 0.2) is 0 Å². The molecule has 1 saturated heterocycles. The topological polar surface area (TPSA) is 85.6 Å². The zero-order chi connectivity index (χ0) is 37.1. The van der Waals surface area contributed by atoms with E-state index in [1.807, 2.05) is 37.4 Å². The summed E-state index contributed by atoms with van der Waals surface area (Å²) in [6.45, 7) is 4.23. The molecule has 0 aliphatic carbocycles. The van der Waals surface area contributed by atoms with Crippen molar-refractivity contribution in [3.8, 4) is 5.88 Å². The lowest BCUT2D eigenvalue weighted by Crippen LogP contribution is -2.44. The van der Waals surface area contributed by atoms with Crippen molar-refractivity contribution in [2.45, 2.75) is 96.6 Å². The molecule has 0 saturated carbocycles. The molecule has 5 rings (SSSR count). The van der Waals surface area contributed by atoms with E-state index >= 15 is 0 Å². The Morgan fingerprint density at radius 3 is 2.40 bits per heavy atom. The number of carbonyl (C=O) groups is 1. The van der Waals surface area contributed by atoms with Crippen LogP contribution >= 0.6 is 0 Å². The minimum atomic E-state index is -0.254. The van der Waals surface area contributed by atoms with E-state index < -0.39 is 0 Å². The highest BCUT2D eigenvalue weighted by Crippen LogP contribution is 2.28. The number of fused-ring (bicyclic) bond motifs is 1. The first-order valence-corrected chi connectivity index (χ1v) is 19.3. The maximum absolute atomic E-state index is 13.6. The van der Waals surface area contributed by atoms with E-state index in [0.29, 0.717) is 24.8 Å². The number of nitrogens with zero attached hydrogens (tertiary/aromatic N) is 6. The second kappa shape index (κ2) is 21.5. The number of aromatic nitrogens is 4. The largest absolute Gasteiger partial charge is 0.440 e. The standard InChI is InChI=1S/C43H55FN6O3/c1-3-4-5-6-7-8-9-10-11-12-13-14-15-16-17-22-41(51)53-34-52-40-27-30-45-42(47-40)48(2)37-28-31-49(32-29-37)43-46-38-20-18-19-21-39(38)50(43)33-35-23-25-36(44)26-24-35/h4-5,7-8,10-11,18-21,23-27,30,37H,3,6,9,12-17,22,28-29,31-34H2,1-2H3/b5-4-,8-7-,11-10-. The normalized spacial score (nSPS) is 13.9. The summed E-state index contributed by atoms with van der Waals surface area (Å²) in [6.07, 6.45) is 26.7. The summed E-state index contributed by atoms with van der Waals surface area (Å²) in [4.78, 5) is 30.8. The van der Waals surface area contributed by atoms with E-state index in [1.165, 1.54) is 25.0 Å². The Hall–Kier alpha value is -4.99. The monoisotopic (exact) mass is 722 g/mol. The number of unbranched alkanes of at least 4 members (excludes halogenated alkanes) is 5. The number of hydrogen-bond donors (Lipinski definition) is 0. The Morgan fingerprint density at radius 1 is 0.887 bits per heavy atom. The van der Waals surface area contributed by atoms with Crippen molar-refractivity contribution < 1.29 is 18.7 Å². The second-order valence-electron chi connectivity index (χ2n) is 13.5. The number of benzene rings is 2. The summed E-state index contributed by atoms with van der Waals surface area (Å²) in [7, 11) is 2.01. The summed E-state index contributed by atoms with van der Waals surface area (Å²) in [6, 6.07) is 16.7. The molecule has 0 amide bonds. The van der Waals surface area contributed by atoms with Crippen molar-refractivity contribution in [2.75, 3.05) is 36.7 Å². The molecule has 10 heteroatoms. The van der Waals surface area contributed by atoms with Crippen LogP contribution in [0.3, 0.4) is 0 Å². The average Bonchev–Trinajstić information content (AvgIpc) is 3.55. The molecule has 0 unspecified atom stereocenters. The molecule has 2 aromatic carbocycles. The number of ether oxygens (including phenoxy) is 2. The number of allylic oxidation sites excluding steroid dienone is 6. The van der Waals surface area contributed by atoms with Gasteiger partial charge in [0.25, 0.3) is 0 Å². The Bertz CT molecular complexity index is 1780. The summed E-state index contributed by atoms with van der Waals surface area (Å²) >= 11 is 0. The third-order valence-corrected chi connectivity index (χ3v) is 9.57. The van der Waals surface area contributed by atoms with Crippen molar-refractivity contribution in [2.24, 2.45) is 0 Å². The lowest BCUT2D eigenvalue weighted by Gasteiger charge is -2.37. The van der Waals surface area contributed by atoms with Gasteiger partial charge in [0, 0.05) is 44.9 Å². The minimum Gasteiger partial charge on any atom is -0.440 e. The zero-order valence-corrected chi connectivity index (χ0v) is 31.4. The third-order valence-electron chi connectivity index (χ3n) is 9.57. The maximum Gasteiger partial charge on any atom is 0.308 e. The molecule has 9 nitrogen and oxygen atoms in total. The molecule has 0 N–H and O–H groups in total. The fraction of sp³-hybridized carbons (Fsp3) is 0.442. The third kappa shape index (κ3) is 12.6. The molecule has 0 bridgehead atoms. The van der Waals surface area contributed by atoms with Gasteiger partial charge in [0.05, 0.1) is 17.6 Å². The predicted molar refractivity (Wildman–Crippen MR) is 212 cm³/mol. The highest BCUT2D eigenvalue weighted by atomic mass is 19.1. The van der Waals surface area contributed by atoms with Gasteiger partial charge in [-0.2, -0.15) is 4.98 Å². The first-order valence-electron chi connectivity index (χ1n) is 19.3. The van der Waals surface area contributed by atoms with Crippen LogP contribution in [0.4, 0.5) is 16.3 Å². The van der Waals surface area contributed by atoms with E-state index in [1.54, 1.807) is 12.3 Å². The van der Waals surface area contributed by atoms with Gasteiger partial charge in [0.2, 0.25) is 24.6 Å². The van der Waals surface area contributed by atoms with Crippen molar-refractivity contribution in [3.05, 3.63) is 109 Å². The maximum atomic E-state index is 13.6. The highest BCUT2D eigenvalue weighted by Gasteiger charge is 2.27. The number of piperidine rings is 1. The number of imidazole rings is 1. The molecule has 1 fully saturated rings. The predicted octanol–water partition coefficient (Wildman–Crippen LogP) is 9.59. The van der Waals surface area contributed by atoms with Gasteiger partial charge in [-0.15, -0.1) is 0 Å². The molecule has 0 spiro atoms. The fourth-order valence-electron chi connectivity index (χ4n) is 6.55. The van der Waals surface area contributed by atoms with E-state index in [0.717, 1.165) is 93.4 Å². The first kappa shape index (κ1) is 39.2. The molecule has 4 aromatic rings. The van der Waals surface area contributed by atoms with E-state index in [-0.39, 0.29) is 24.6 Å². The van der Waals surface area contributed by atoms with Crippen molar-refractivity contribution in [1.82, 2.24) is 19.5 Å². The van der Waals surface area contributed by atoms with Crippen LogP contribution in [0.2, 0.25) is 0 Å². The van der Waals surface area contributed by atoms with Crippen molar-refractivity contribution >= 4 is 28.9 Å². The number of rotatable bonds is 21. The van der Waals surface area contributed by atoms with Gasteiger partial charge < -0.3 is 23.8 Å². The number of esters is 1. The Labute approximate surface area is 314 Å². The van der Waals surface area contributed by atoms with Gasteiger partial charge in [-0.25, -0.2) is 14.4 Å². The Morgan fingerprint density at radius 2 is 1.60 bits per heavy atom. The lowest BCUT2D eigenvalue weighted by molar-refractivity contribution is -0.150. The van der Waals surface area contributed by atoms with Crippen LogP contribution in [0.15, 0.2) is 97.3 Å². The van der Waals surface area contributed by atoms with Gasteiger partial charge in [-0.1, -0.05) is 86.9 Å². The van der Waals surface area contributed by atoms with Crippen LogP contribution in [0.25, 0.3) is 11.0 Å². The fourth-order valence-corrected chi connectivity index (χ4v) is 6.55. The quantitative estimate of drug-likeness (QED) is 0.0364. The van der Waals surface area contributed by atoms with Crippen LogP contribution < -0.4 is 14.5 Å². The average molecular weight is 723 g/mol. The van der Waals surface area contributed by atoms with Crippen LogP contribution in [0.1, 0.15) is 89.5 Å². The summed E-state index contributed by atoms with van der Waals surface area (Å²) < 4.78 is 26.8. The molecule has 0 atom stereocenters. The van der Waals surface area contributed by atoms with Gasteiger partial charge in [0.1, 0.15) is 5.82 Å². The van der Waals surface area contributed by atoms with E-state index in [2.05, 4.69) is 73.8 Å². The second-order valence-corrected chi connectivity index (χ2v) is 13.5. The smallest absolute Gasteiger partial charge is 0.308 e. The molecule has 1 aliphatic rings. The van der Waals surface area contributed by atoms with Crippen LogP contribution in [0.5, 0.6) is 5.88 Å². The Balaban J connectivity index is 0.984. The highest BCUT2D eigenvalue weighted by molar-refractivity contribution is 5.79. The van der Waals surface area contributed by atoms with Crippen molar-refractivity contribution in [3.63, 3.8) is 0 Å². The molecule has 53 heavy (non-hydrogen) atoms. The van der Waals surface area contributed by atoms with Crippen molar-refractivity contribution in [1.29, 1.82) is 0 Å². The molecule has 0 radical (unpaired) electrons. The number of hydrogen-bond acceptors (Lipinski definition) is 8. The summed E-state index contributed by atoms with van der Waals surface area (Å²) in [5.41, 5.74) is 3.03. The lowest BCUT2D eigenvalue weighted by atomic mass is 10.0. The molecular formula is C43H55FN6O3. The van der Waals surface area contributed by atoms with Gasteiger partial charge in [-0.05, 0) is 81.2 Å². The van der Waals surface area contributed by atoms with Gasteiger partial charge in [-0.3, -0.25) is 4.79 Å². The zero-order valence-electron chi connectivity index (χ0n) is 31.4. The Kier molecular flexibility index (Phi) is 15.9. The molecule has 282 valence electrons. The number of para-hydroxylation sites is 2. The molecule has 2 aromatic heterocycles. The van der Waals surface area contributed by atoms with Crippen LogP contribution in [0, 0.1) is 5.82 Å². The van der Waals surface area contributed by atoms with E-state index in [9.17, 15) is 9.18 Å². The summed E-state index contributed by atoms with van der Waals surface area (Å²) in [5.74, 6) is 1.37. The number of halogens is 1. The molecular weight excluding hydrogens is 668 g/mol. The molecule has 1 aliphatic heterocycles. The SMILES string of the molecule is CC/C=C\C/C=C\C/C=C\CCCCCCCC(=O)OCOc1ccnc(N(C)C2CCN(c3nc4ccccc4n3Cc3ccc(F)cc3)CC2)n1. The van der Waals surface area contributed by atoms with E-state index in [4.69, 9.17) is 14.5 Å². The first-order chi connectivity index (χ1) is 26.0. The minimum absolute atomic E-state index is 0.173. The summed E-state index contributed by atoms with van der Waals surface area (Å²) in [5, 5.41) is 0. The van der Waals surface area contributed by atoms with Crippen LogP contribution in [-0.4, -0.2) is 58.5 Å². The van der Waals surface area contributed by atoms with Gasteiger partial charge >= 0.3 is 5.97 Å². The number of anilines is 2. The molecule has 3 heterocycles. The number of carbonyl (C=O) groups excluding carboxylic acids is 1.